The van der Waals surface area contributed by atoms with Gasteiger partial charge in [0, 0.05) is 43.5 Å². The van der Waals surface area contributed by atoms with Gasteiger partial charge in [-0.15, -0.1) is 11.3 Å². The van der Waals surface area contributed by atoms with E-state index in [1.165, 1.54) is 16.9 Å². The van der Waals surface area contributed by atoms with Crippen LogP contribution in [0.4, 0.5) is 5.13 Å². The molecule has 0 radical (unpaired) electrons. The van der Waals surface area contributed by atoms with Crippen LogP contribution in [-0.2, 0) is 22.6 Å². The van der Waals surface area contributed by atoms with Crippen molar-refractivity contribution >= 4 is 28.3 Å². The molecule has 2 aliphatic heterocycles. The van der Waals surface area contributed by atoms with Crippen molar-refractivity contribution in [3.8, 4) is 11.5 Å². The minimum Gasteiger partial charge on any atom is -0.454 e. The van der Waals surface area contributed by atoms with Gasteiger partial charge in [0.2, 0.25) is 18.6 Å². The number of fused-ring (bicyclic) bond motifs is 1. The summed E-state index contributed by atoms with van der Waals surface area (Å²) in [5.74, 6) is 1.58. The fourth-order valence-corrected chi connectivity index (χ4v) is 4.16. The molecule has 166 valence electrons. The number of benzene rings is 1. The number of amides is 2. The predicted octanol–water partition coefficient (Wildman–Crippen LogP) is 2.74. The number of thiazole rings is 1. The first-order valence-corrected chi connectivity index (χ1v) is 11.3. The second-order valence-corrected chi connectivity index (χ2v) is 9.73. The van der Waals surface area contributed by atoms with Gasteiger partial charge in [0.1, 0.15) is 0 Å². The van der Waals surface area contributed by atoms with E-state index >= 15 is 0 Å². The first-order chi connectivity index (χ1) is 14.8. The van der Waals surface area contributed by atoms with Gasteiger partial charge >= 0.3 is 0 Å². The lowest BCUT2D eigenvalue weighted by Gasteiger charge is -2.34. The standard InChI is InChI=1S/C22H28N4O4S/c1-22(2,3)20(28)24-21-23-16(13-31-21)11-19(27)26-8-6-25(7-9-26)12-15-4-5-17-18(10-15)30-14-29-17/h4-5,10,13H,6-9,11-12,14H2,1-3H3,(H,23,24,28). The molecule has 1 fully saturated rings. The van der Waals surface area contributed by atoms with Crippen molar-refractivity contribution in [3.05, 3.63) is 34.8 Å². The third-order valence-corrected chi connectivity index (χ3v) is 6.16. The zero-order valence-corrected chi connectivity index (χ0v) is 19.0. The SMILES string of the molecule is CC(C)(C)C(=O)Nc1nc(CC(=O)N2CCN(Cc3ccc4c(c3)OCO4)CC2)cs1. The number of nitrogens with zero attached hydrogens (tertiary/aromatic N) is 3. The Balaban J connectivity index is 1.25. The number of hydrogen-bond donors (Lipinski definition) is 1. The number of rotatable bonds is 5. The summed E-state index contributed by atoms with van der Waals surface area (Å²) in [6, 6.07) is 6.03. The zero-order chi connectivity index (χ0) is 22.0. The van der Waals surface area contributed by atoms with Gasteiger partial charge in [0.05, 0.1) is 12.1 Å². The maximum Gasteiger partial charge on any atom is 0.231 e. The molecular formula is C22H28N4O4S. The van der Waals surface area contributed by atoms with E-state index in [1.807, 2.05) is 43.2 Å². The second-order valence-electron chi connectivity index (χ2n) is 8.87. The number of ether oxygens (including phenoxy) is 2. The quantitative estimate of drug-likeness (QED) is 0.764. The van der Waals surface area contributed by atoms with Crippen LogP contribution < -0.4 is 14.8 Å². The zero-order valence-electron chi connectivity index (χ0n) is 18.1. The highest BCUT2D eigenvalue weighted by Gasteiger charge is 2.24. The summed E-state index contributed by atoms with van der Waals surface area (Å²) in [6.07, 6.45) is 0.254. The average molecular weight is 445 g/mol. The monoisotopic (exact) mass is 444 g/mol. The maximum atomic E-state index is 12.7. The van der Waals surface area contributed by atoms with Crippen LogP contribution in [0.2, 0.25) is 0 Å². The van der Waals surface area contributed by atoms with Gasteiger partial charge in [-0.2, -0.15) is 0 Å². The highest BCUT2D eigenvalue weighted by atomic mass is 32.1. The molecule has 0 unspecified atom stereocenters. The molecule has 0 spiro atoms. The summed E-state index contributed by atoms with van der Waals surface area (Å²) in [4.78, 5) is 33.4. The van der Waals surface area contributed by atoms with Crippen LogP contribution in [0.1, 0.15) is 32.0 Å². The molecule has 0 saturated carbocycles. The van der Waals surface area contributed by atoms with Crippen LogP contribution in [0, 0.1) is 5.41 Å². The third-order valence-electron chi connectivity index (χ3n) is 5.35. The third kappa shape index (κ3) is 5.34. The Bertz CT molecular complexity index is 961. The van der Waals surface area contributed by atoms with Crippen molar-refractivity contribution in [1.82, 2.24) is 14.8 Å². The Morgan fingerprint density at radius 3 is 2.61 bits per heavy atom. The molecule has 9 heteroatoms. The van der Waals surface area contributed by atoms with Gasteiger partial charge < -0.3 is 19.7 Å². The molecule has 3 heterocycles. The summed E-state index contributed by atoms with van der Waals surface area (Å²) in [6.45, 7) is 9.70. The van der Waals surface area contributed by atoms with Crippen molar-refractivity contribution in [1.29, 1.82) is 0 Å². The van der Waals surface area contributed by atoms with Crippen LogP contribution >= 0.6 is 11.3 Å². The van der Waals surface area contributed by atoms with Crippen molar-refractivity contribution in [2.24, 2.45) is 5.41 Å². The summed E-state index contributed by atoms with van der Waals surface area (Å²) in [5.41, 5.74) is 1.39. The van der Waals surface area contributed by atoms with Gasteiger partial charge in [-0.25, -0.2) is 4.98 Å². The minimum absolute atomic E-state index is 0.0710. The van der Waals surface area contributed by atoms with E-state index in [0.29, 0.717) is 23.9 Å². The number of carbonyl (C=O) groups excluding carboxylic acids is 2. The van der Waals surface area contributed by atoms with E-state index in [2.05, 4.69) is 21.3 Å². The van der Waals surface area contributed by atoms with E-state index in [9.17, 15) is 9.59 Å². The number of hydrogen-bond acceptors (Lipinski definition) is 7. The largest absolute Gasteiger partial charge is 0.454 e. The molecule has 0 bridgehead atoms. The fourth-order valence-electron chi connectivity index (χ4n) is 3.45. The molecular weight excluding hydrogens is 416 g/mol. The summed E-state index contributed by atoms with van der Waals surface area (Å²) < 4.78 is 10.8. The van der Waals surface area contributed by atoms with Crippen molar-refractivity contribution in [2.75, 3.05) is 38.3 Å². The van der Waals surface area contributed by atoms with Crippen LogP contribution in [0.15, 0.2) is 23.6 Å². The molecule has 2 aliphatic rings. The van der Waals surface area contributed by atoms with E-state index in [-0.39, 0.29) is 25.0 Å². The van der Waals surface area contributed by atoms with Crippen molar-refractivity contribution < 1.29 is 19.1 Å². The van der Waals surface area contributed by atoms with Gasteiger partial charge in [-0.1, -0.05) is 26.8 Å². The summed E-state index contributed by atoms with van der Waals surface area (Å²) in [7, 11) is 0. The van der Waals surface area contributed by atoms with E-state index < -0.39 is 5.41 Å². The lowest BCUT2D eigenvalue weighted by atomic mass is 9.96. The molecule has 2 amide bonds. The Morgan fingerprint density at radius 2 is 1.87 bits per heavy atom. The van der Waals surface area contributed by atoms with E-state index in [1.54, 1.807) is 0 Å². The Morgan fingerprint density at radius 1 is 1.13 bits per heavy atom. The second kappa shape index (κ2) is 8.84. The van der Waals surface area contributed by atoms with Gasteiger partial charge in [0.25, 0.3) is 0 Å². The predicted molar refractivity (Wildman–Crippen MR) is 118 cm³/mol. The minimum atomic E-state index is -0.484. The molecule has 0 atom stereocenters. The number of nitrogens with one attached hydrogen (secondary N) is 1. The van der Waals surface area contributed by atoms with E-state index in [0.717, 1.165) is 31.1 Å². The van der Waals surface area contributed by atoms with E-state index in [4.69, 9.17) is 9.47 Å². The number of carbonyl (C=O) groups is 2. The Kier molecular flexibility index (Phi) is 6.15. The Labute approximate surface area is 186 Å². The lowest BCUT2D eigenvalue weighted by molar-refractivity contribution is -0.132. The highest BCUT2D eigenvalue weighted by Crippen LogP contribution is 2.32. The highest BCUT2D eigenvalue weighted by molar-refractivity contribution is 7.13. The number of piperazine rings is 1. The smallest absolute Gasteiger partial charge is 0.231 e. The lowest BCUT2D eigenvalue weighted by Crippen LogP contribution is -2.48. The van der Waals surface area contributed by atoms with Gasteiger partial charge in [-0.3, -0.25) is 14.5 Å². The molecule has 8 nitrogen and oxygen atoms in total. The van der Waals surface area contributed by atoms with Crippen LogP contribution in [-0.4, -0.2) is 59.6 Å². The fraction of sp³-hybridized carbons (Fsp3) is 0.500. The molecule has 2 aromatic rings. The van der Waals surface area contributed by atoms with Gasteiger partial charge in [0.15, 0.2) is 16.6 Å². The Hall–Kier alpha value is -2.65. The van der Waals surface area contributed by atoms with Crippen LogP contribution in [0.5, 0.6) is 11.5 Å². The molecule has 1 saturated heterocycles. The van der Waals surface area contributed by atoms with Crippen molar-refractivity contribution in [2.45, 2.75) is 33.7 Å². The number of anilines is 1. The molecule has 1 aromatic carbocycles. The first kappa shape index (κ1) is 21.6. The normalized spacial score (nSPS) is 16.4. The average Bonchev–Trinajstić information content (AvgIpc) is 3.36. The number of aromatic nitrogens is 1. The van der Waals surface area contributed by atoms with Crippen molar-refractivity contribution in [3.63, 3.8) is 0 Å². The molecule has 1 aromatic heterocycles. The van der Waals surface area contributed by atoms with Crippen LogP contribution in [0.25, 0.3) is 0 Å². The maximum absolute atomic E-state index is 12.7. The first-order valence-electron chi connectivity index (χ1n) is 10.4. The van der Waals surface area contributed by atoms with Gasteiger partial charge in [-0.05, 0) is 17.7 Å². The molecule has 31 heavy (non-hydrogen) atoms. The summed E-state index contributed by atoms with van der Waals surface area (Å²) in [5, 5.41) is 5.20. The molecule has 0 aliphatic carbocycles. The summed E-state index contributed by atoms with van der Waals surface area (Å²) >= 11 is 1.35. The molecule has 1 N–H and O–H groups in total. The molecule has 4 rings (SSSR count). The topological polar surface area (TPSA) is 84.0 Å². The van der Waals surface area contributed by atoms with Crippen LogP contribution in [0.3, 0.4) is 0 Å².